The Morgan fingerprint density at radius 3 is 2.54 bits per heavy atom. The van der Waals surface area contributed by atoms with E-state index in [1.807, 2.05) is 18.9 Å². The first-order valence-corrected chi connectivity index (χ1v) is 6.03. The summed E-state index contributed by atoms with van der Waals surface area (Å²) in [6.45, 7) is 4.28. The van der Waals surface area contributed by atoms with Crippen LogP contribution in [-0.4, -0.2) is 52.3 Å². The molecule has 0 aromatic rings. The summed E-state index contributed by atoms with van der Waals surface area (Å²) in [5.41, 5.74) is 5.14. The van der Waals surface area contributed by atoms with E-state index in [4.69, 9.17) is 5.73 Å². The van der Waals surface area contributed by atoms with Gasteiger partial charge in [0.25, 0.3) is 0 Å². The lowest BCUT2D eigenvalue weighted by Gasteiger charge is -2.13. The fraction of sp³-hybridized carbons (Fsp3) is 1.00. The molecule has 3 N–H and O–H groups in total. The fourth-order valence-corrected chi connectivity index (χ4v) is 1.63. The van der Waals surface area contributed by atoms with Crippen LogP contribution in [0.4, 0.5) is 0 Å². The fourth-order valence-electron chi connectivity index (χ4n) is 0.777. The predicted molar refractivity (Wildman–Crippen MR) is 54.0 cm³/mol. The minimum Gasteiger partial charge on any atom is -0.329 e. The van der Waals surface area contributed by atoms with Crippen LogP contribution in [0.5, 0.6) is 0 Å². The topological polar surface area (TPSA) is 75.4 Å². The third-order valence-electron chi connectivity index (χ3n) is 1.74. The number of sulfonamides is 1. The zero-order chi connectivity index (χ0) is 10.3. The average Bonchev–Trinajstić information content (AvgIpc) is 2.03. The Morgan fingerprint density at radius 1 is 1.46 bits per heavy atom. The Hall–Kier alpha value is -0.170. The van der Waals surface area contributed by atoms with Crippen molar-refractivity contribution in [2.24, 2.45) is 5.73 Å². The molecule has 0 fully saturated rings. The van der Waals surface area contributed by atoms with Crippen LogP contribution in [0.1, 0.15) is 6.92 Å². The summed E-state index contributed by atoms with van der Waals surface area (Å²) in [4.78, 5) is 2.03. The van der Waals surface area contributed by atoms with Gasteiger partial charge in [-0.1, -0.05) is 6.92 Å². The summed E-state index contributed by atoms with van der Waals surface area (Å²) in [6.07, 6.45) is 0. The molecule has 0 aliphatic heterocycles. The highest BCUT2D eigenvalue weighted by Crippen LogP contribution is 1.83. The molecule has 6 heteroatoms. The predicted octanol–water partition coefficient (Wildman–Crippen LogP) is -1.18. The van der Waals surface area contributed by atoms with Gasteiger partial charge in [-0.2, -0.15) is 0 Å². The summed E-state index contributed by atoms with van der Waals surface area (Å²) in [5.74, 6) is 0.00282. The number of nitrogens with one attached hydrogen (secondary N) is 1. The molecule has 0 saturated carbocycles. The molecule has 0 bridgehead atoms. The molecule has 0 radical (unpaired) electrons. The molecule has 0 rings (SSSR count). The number of rotatable bonds is 7. The molecule has 0 saturated heterocycles. The van der Waals surface area contributed by atoms with Crippen molar-refractivity contribution in [3.05, 3.63) is 0 Å². The van der Waals surface area contributed by atoms with Crippen LogP contribution in [0.25, 0.3) is 0 Å². The molecule has 80 valence electrons. The number of nitrogens with zero attached hydrogens (tertiary/aromatic N) is 1. The van der Waals surface area contributed by atoms with Gasteiger partial charge in [0.2, 0.25) is 10.0 Å². The van der Waals surface area contributed by atoms with Crippen LogP contribution in [0, 0.1) is 0 Å². The SMILES string of the molecule is CCN(C)CCNS(=O)(=O)CCN. The van der Waals surface area contributed by atoms with E-state index >= 15 is 0 Å². The third-order valence-corrected chi connectivity index (χ3v) is 3.16. The van der Waals surface area contributed by atoms with Crippen LogP contribution in [0.3, 0.4) is 0 Å². The Kier molecular flexibility index (Phi) is 6.23. The van der Waals surface area contributed by atoms with Crippen LogP contribution >= 0.6 is 0 Å². The lowest BCUT2D eigenvalue weighted by Crippen LogP contribution is -2.35. The highest BCUT2D eigenvalue weighted by atomic mass is 32.2. The van der Waals surface area contributed by atoms with E-state index in [1.165, 1.54) is 0 Å². The van der Waals surface area contributed by atoms with Gasteiger partial charge in [-0.05, 0) is 13.6 Å². The summed E-state index contributed by atoms with van der Waals surface area (Å²) < 4.78 is 24.7. The number of likely N-dealkylation sites (N-methyl/N-ethyl adjacent to an activating group) is 1. The molecule has 0 aliphatic rings. The van der Waals surface area contributed by atoms with Crippen molar-refractivity contribution in [1.29, 1.82) is 0 Å². The largest absolute Gasteiger partial charge is 0.329 e. The normalized spacial score (nSPS) is 12.3. The van der Waals surface area contributed by atoms with Crippen LogP contribution in [0.2, 0.25) is 0 Å². The monoisotopic (exact) mass is 209 g/mol. The van der Waals surface area contributed by atoms with E-state index in [2.05, 4.69) is 4.72 Å². The highest BCUT2D eigenvalue weighted by Gasteiger charge is 2.07. The second-order valence-corrected chi connectivity index (χ2v) is 4.82. The van der Waals surface area contributed by atoms with E-state index in [0.717, 1.165) is 13.1 Å². The smallest absolute Gasteiger partial charge is 0.212 e. The summed E-state index contributed by atoms with van der Waals surface area (Å²) >= 11 is 0. The lowest BCUT2D eigenvalue weighted by molar-refractivity contribution is 0.358. The van der Waals surface area contributed by atoms with Gasteiger partial charge < -0.3 is 10.6 Å². The first kappa shape index (κ1) is 12.8. The van der Waals surface area contributed by atoms with Crippen molar-refractivity contribution in [3.8, 4) is 0 Å². The maximum Gasteiger partial charge on any atom is 0.212 e. The van der Waals surface area contributed by atoms with Gasteiger partial charge >= 0.3 is 0 Å². The van der Waals surface area contributed by atoms with E-state index in [-0.39, 0.29) is 12.3 Å². The van der Waals surface area contributed by atoms with Gasteiger partial charge in [0.05, 0.1) is 5.75 Å². The van der Waals surface area contributed by atoms with E-state index in [9.17, 15) is 8.42 Å². The average molecular weight is 209 g/mol. The van der Waals surface area contributed by atoms with Gasteiger partial charge in [-0.25, -0.2) is 13.1 Å². The van der Waals surface area contributed by atoms with Crippen molar-refractivity contribution in [2.75, 3.05) is 39.0 Å². The molecular formula is C7H19N3O2S. The van der Waals surface area contributed by atoms with E-state index in [1.54, 1.807) is 0 Å². The Labute approximate surface area is 80.3 Å². The van der Waals surface area contributed by atoms with Gasteiger partial charge in [-0.3, -0.25) is 0 Å². The molecule has 5 nitrogen and oxygen atoms in total. The van der Waals surface area contributed by atoms with Crippen LogP contribution < -0.4 is 10.5 Å². The second kappa shape index (κ2) is 6.31. The highest BCUT2D eigenvalue weighted by molar-refractivity contribution is 7.89. The van der Waals surface area contributed by atoms with Crippen molar-refractivity contribution >= 4 is 10.0 Å². The Morgan fingerprint density at radius 2 is 2.08 bits per heavy atom. The molecule has 0 heterocycles. The van der Waals surface area contributed by atoms with Gasteiger partial charge in [0, 0.05) is 19.6 Å². The van der Waals surface area contributed by atoms with Crippen LogP contribution in [-0.2, 0) is 10.0 Å². The molecule has 13 heavy (non-hydrogen) atoms. The zero-order valence-electron chi connectivity index (χ0n) is 8.28. The molecule has 0 atom stereocenters. The van der Waals surface area contributed by atoms with E-state index in [0.29, 0.717) is 6.54 Å². The molecule has 0 aromatic heterocycles. The molecule has 0 aromatic carbocycles. The maximum absolute atomic E-state index is 11.1. The molecule has 0 amide bonds. The zero-order valence-corrected chi connectivity index (χ0v) is 9.10. The number of nitrogens with two attached hydrogens (primary N) is 1. The van der Waals surface area contributed by atoms with Gasteiger partial charge in [-0.15, -0.1) is 0 Å². The van der Waals surface area contributed by atoms with Gasteiger partial charge in [0.1, 0.15) is 0 Å². The van der Waals surface area contributed by atoms with Gasteiger partial charge in [0.15, 0.2) is 0 Å². The second-order valence-electron chi connectivity index (χ2n) is 2.90. The molecule has 0 aliphatic carbocycles. The molecule has 0 unspecified atom stereocenters. The van der Waals surface area contributed by atoms with E-state index < -0.39 is 10.0 Å². The summed E-state index contributed by atoms with van der Waals surface area (Å²) in [5, 5.41) is 0. The Balaban J connectivity index is 3.64. The van der Waals surface area contributed by atoms with Crippen molar-refractivity contribution in [3.63, 3.8) is 0 Å². The summed E-state index contributed by atoms with van der Waals surface area (Å²) in [6, 6.07) is 0. The Bertz CT molecular complexity index is 216. The molecule has 0 spiro atoms. The standard InChI is InChI=1S/C7H19N3O2S/c1-3-10(2)6-5-9-13(11,12)7-4-8/h9H,3-8H2,1-2H3. The van der Waals surface area contributed by atoms with Crippen molar-refractivity contribution < 1.29 is 8.42 Å². The number of hydrogen-bond donors (Lipinski definition) is 2. The third kappa shape index (κ3) is 6.94. The lowest BCUT2D eigenvalue weighted by atomic mass is 10.5. The van der Waals surface area contributed by atoms with Crippen LogP contribution in [0.15, 0.2) is 0 Å². The summed E-state index contributed by atoms with van der Waals surface area (Å²) in [7, 11) is -1.20. The minimum atomic E-state index is -3.14. The van der Waals surface area contributed by atoms with Crippen molar-refractivity contribution in [1.82, 2.24) is 9.62 Å². The quantitative estimate of drug-likeness (QED) is 0.553. The maximum atomic E-state index is 11.1. The minimum absolute atomic E-state index is 0.00282. The first-order chi connectivity index (χ1) is 6.02. The first-order valence-electron chi connectivity index (χ1n) is 4.37. The number of hydrogen-bond acceptors (Lipinski definition) is 4. The van der Waals surface area contributed by atoms with Crippen molar-refractivity contribution in [2.45, 2.75) is 6.92 Å². The molecular weight excluding hydrogens is 190 g/mol.